The molecule has 0 aliphatic carbocycles. The van der Waals surface area contributed by atoms with Crippen molar-refractivity contribution in [1.29, 1.82) is 5.26 Å². The summed E-state index contributed by atoms with van der Waals surface area (Å²) >= 11 is 0. The van der Waals surface area contributed by atoms with E-state index in [9.17, 15) is 4.79 Å². The van der Waals surface area contributed by atoms with E-state index in [-0.39, 0.29) is 5.78 Å². The van der Waals surface area contributed by atoms with Crippen molar-refractivity contribution in [3.05, 3.63) is 70.9 Å². The molecule has 0 radical (unpaired) electrons. The molecule has 0 saturated heterocycles. The van der Waals surface area contributed by atoms with Gasteiger partial charge in [-0.3, -0.25) is 10.1 Å². The van der Waals surface area contributed by atoms with Crippen LogP contribution in [0.15, 0.2) is 64.8 Å². The number of hydrogen-bond acceptors (Lipinski definition) is 7. The lowest BCUT2D eigenvalue weighted by atomic mass is 9.93. The highest BCUT2D eigenvalue weighted by atomic mass is 16.5. The number of ketones is 1. The molecule has 3 rings (SSSR count). The van der Waals surface area contributed by atoms with Gasteiger partial charge in [-0.1, -0.05) is 36.4 Å². The van der Waals surface area contributed by atoms with Crippen molar-refractivity contribution in [1.82, 2.24) is 10.6 Å². The predicted octanol–water partition coefficient (Wildman–Crippen LogP) is 3.60. The second-order valence-corrected chi connectivity index (χ2v) is 6.75. The summed E-state index contributed by atoms with van der Waals surface area (Å²) in [6.45, 7) is 6.08. The summed E-state index contributed by atoms with van der Waals surface area (Å²) in [5.74, 6) is 1.40. The number of Topliss-reactive ketones (excluding diaryl/α,β-unsaturated/α-hetero) is 1. The maximum Gasteiger partial charge on any atom is 0.209 e. The topological polar surface area (TPSA) is 95.7 Å². The number of allylic oxidation sites excluding steroid dienone is 1. The van der Waals surface area contributed by atoms with E-state index in [1.54, 1.807) is 6.92 Å². The van der Waals surface area contributed by atoms with Crippen molar-refractivity contribution in [2.75, 3.05) is 6.61 Å². The van der Waals surface area contributed by atoms with Crippen molar-refractivity contribution < 1.29 is 14.3 Å². The number of rotatable bonds is 7. The minimum Gasteiger partial charge on any atom is -0.490 e. The first-order valence-electron chi connectivity index (χ1n) is 9.68. The van der Waals surface area contributed by atoms with Gasteiger partial charge in [-0.25, -0.2) is 4.99 Å². The highest BCUT2D eigenvalue weighted by molar-refractivity contribution is 5.98. The Morgan fingerprint density at radius 3 is 2.63 bits per heavy atom. The lowest BCUT2D eigenvalue weighted by Gasteiger charge is -2.25. The van der Waals surface area contributed by atoms with E-state index in [1.165, 1.54) is 6.92 Å². The van der Waals surface area contributed by atoms with Gasteiger partial charge in [0.15, 0.2) is 23.5 Å². The number of carbonyl (C=O) groups excluding carboxylic acids is 1. The van der Waals surface area contributed by atoms with Gasteiger partial charge < -0.3 is 14.8 Å². The number of nitrogens with one attached hydrogen (secondary N) is 2. The molecule has 2 aromatic rings. The second-order valence-electron chi connectivity index (χ2n) is 6.75. The van der Waals surface area contributed by atoms with Gasteiger partial charge in [0.1, 0.15) is 12.6 Å². The van der Waals surface area contributed by atoms with Gasteiger partial charge in [0.2, 0.25) is 5.96 Å². The lowest BCUT2D eigenvalue weighted by Crippen LogP contribution is -2.38. The molecule has 0 bridgehead atoms. The van der Waals surface area contributed by atoms with Crippen molar-refractivity contribution >= 4 is 11.7 Å². The van der Waals surface area contributed by atoms with Crippen LogP contribution in [0, 0.1) is 11.5 Å². The molecule has 0 aromatic heterocycles. The molecule has 0 fully saturated rings. The van der Waals surface area contributed by atoms with Crippen LogP contribution in [-0.2, 0) is 11.4 Å². The quantitative estimate of drug-likeness (QED) is 0.541. The smallest absolute Gasteiger partial charge is 0.209 e. The van der Waals surface area contributed by atoms with Crippen LogP contribution in [0.2, 0.25) is 0 Å². The number of hydrogen-bond donors (Lipinski definition) is 2. The summed E-state index contributed by atoms with van der Waals surface area (Å²) in [6.07, 6.45) is 1.85. The molecule has 7 nitrogen and oxygen atoms in total. The zero-order chi connectivity index (χ0) is 21.5. The lowest BCUT2D eigenvalue weighted by molar-refractivity contribution is -0.114. The Morgan fingerprint density at radius 1 is 1.20 bits per heavy atom. The molecule has 1 aliphatic rings. The summed E-state index contributed by atoms with van der Waals surface area (Å²) < 4.78 is 11.8. The summed E-state index contributed by atoms with van der Waals surface area (Å²) in [5, 5.41) is 14.4. The fraction of sp³-hybridized carbons (Fsp3) is 0.261. The molecule has 7 heteroatoms. The van der Waals surface area contributed by atoms with Crippen molar-refractivity contribution in [2.24, 2.45) is 4.99 Å². The Hall–Kier alpha value is -3.79. The normalized spacial score (nSPS) is 15.5. The Bertz CT molecular complexity index is 1020. The van der Waals surface area contributed by atoms with Gasteiger partial charge in [0.05, 0.1) is 6.61 Å². The summed E-state index contributed by atoms with van der Waals surface area (Å²) in [4.78, 5) is 16.8. The minimum absolute atomic E-state index is 0.0906. The highest BCUT2D eigenvalue weighted by Gasteiger charge is 2.28. The average Bonchev–Trinajstić information content (AvgIpc) is 2.73. The van der Waals surface area contributed by atoms with Crippen molar-refractivity contribution in [3.63, 3.8) is 0 Å². The Balaban J connectivity index is 1.94. The van der Waals surface area contributed by atoms with E-state index in [2.05, 4.69) is 15.6 Å². The zero-order valence-electron chi connectivity index (χ0n) is 17.2. The van der Waals surface area contributed by atoms with Gasteiger partial charge in [0.25, 0.3) is 0 Å². The van der Waals surface area contributed by atoms with E-state index in [1.807, 2.05) is 61.6 Å². The molecule has 2 N–H and O–H groups in total. The molecule has 30 heavy (non-hydrogen) atoms. The molecular formula is C23H24N4O3. The van der Waals surface area contributed by atoms with Crippen LogP contribution in [-0.4, -0.2) is 18.3 Å². The molecule has 1 aliphatic heterocycles. The summed E-state index contributed by atoms with van der Waals surface area (Å²) in [5.41, 5.74) is 3.02. The third-order valence-electron chi connectivity index (χ3n) is 4.62. The van der Waals surface area contributed by atoms with Crippen LogP contribution >= 0.6 is 0 Å². The number of aliphatic imine (C=N–C) groups is 1. The molecule has 2 aromatic carbocycles. The Kier molecular flexibility index (Phi) is 6.71. The third-order valence-corrected chi connectivity index (χ3v) is 4.62. The van der Waals surface area contributed by atoms with Crippen molar-refractivity contribution in [2.45, 2.75) is 33.4 Å². The SMILES string of the molecule is CCOc1cc([C@H]2N=C(NC#N)NC(C)=C2C(C)=O)ccc1OCc1ccccc1. The zero-order valence-corrected chi connectivity index (χ0v) is 17.2. The Labute approximate surface area is 176 Å². The average molecular weight is 404 g/mol. The highest BCUT2D eigenvalue weighted by Crippen LogP contribution is 2.37. The number of ether oxygens (including phenoxy) is 2. The molecular weight excluding hydrogens is 380 g/mol. The van der Waals surface area contributed by atoms with Gasteiger partial charge in [-0.15, -0.1) is 0 Å². The molecule has 0 amide bonds. The maximum absolute atomic E-state index is 12.3. The fourth-order valence-corrected chi connectivity index (χ4v) is 3.31. The molecule has 0 spiro atoms. The number of nitriles is 1. The first-order chi connectivity index (χ1) is 14.5. The monoisotopic (exact) mass is 404 g/mol. The molecule has 1 atom stereocenters. The van der Waals surface area contributed by atoms with Crippen molar-refractivity contribution in [3.8, 4) is 17.7 Å². The van der Waals surface area contributed by atoms with Gasteiger partial charge >= 0.3 is 0 Å². The van der Waals surface area contributed by atoms with Crippen LogP contribution in [0.5, 0.6) is 11.5 Å². The number of benzene rings is 2. The van der Waals surface area contributed by atoms with Crippen LogP contribution in [0.3, 0.4) is 0 Å². The van der Waals surface area contributed by atoms with E-state index in [0.29, 0.717) is 41.9 Å². The van der Waals surface area contributed by atoms with Gasteiger partial charge in [-0.2, -0.15) is 5.26 Å². The first-order valence-corrected chi connectivity index (χ1v) is 9.68. The third kappa shape index (κ3) is 4.78. The van der Waals surface area contributed by atoms with E-state index < -0.39 is 6.04 Å². The fourth-order valence-electron chi connectivity index (χ4n) is 3.31. The van der Waals surface area contributed by atoms with Gasteiger partial charge in [-0.05, 0) is 44.0 Å². The summed E-state index contributed by atoms with van der Waals surface area (Å²) in [7, 11) is 0. The predicted molar refractivity (Wildman–Crippen MR) is 114 cm³/mol. The standard InChI is InChI=1S/C23H24N4O3/c1-4-29-20-12-18(10-11-19(20)30-13-17-8-6-5-7-9-17)22-21(16(3)28)15(2)26-23(27-22)25-14-24/h5-12,22H,4,13H2,1-3H3,(H2,25,26,27)/t22-/m1/s1. The number of nitrogens with zero attached hydrogens (tertiary/aromatic N) is 2. The van der Waals surface area contributed by atoms with E-state index in [4.69, 9.17) is 14.7 Å². The second kappa shape index (κ2) is 9.61. The van der Waals surface area contributed by atoms with Crippen LogP contribution < -0.4 is 20.1 Å². The van der Waals surface area contributed by atoms with Gasteiger partial charge in [0, 0.05) is 11.3 Å². The Morgan fingerprint density at radius 2 is 1.97 bits per heavy atom. The number of guanidine groups is 1. The maximum atomic E-state index is 12.3. The van der Waals surface area contributed by atoms with E-state index in [0.717, 1.165) is 11.1 Å². The van der Waals surface area contributed by atoms with Crippen LogP contribution in [0.25, 0.3) is 0 Å². The van der Waals surface area contributed by atoms with Crippen LogP contribution in [0.1, 0.15) is 37.9 Å². The minimum atomic E-state index is -0.554. The largest absolute Gasteiger partial charge is 0.490 e. The molecule has 0 saturated carbocycles. The number of carbonyl (C=O) groups is 1. The molecule has 1 heterocycles. The summed E-state index contributed by atoms with van der Waals surface area (Å²) in [6, 6.07) is 14.8. The molecule has 154 valence electrons. The van der Waals surface area contributed by atoms with Crippen LogP contribution in [0.4, 0.5) is 0 Å². The van der Waals surface area contributed by atoms with E-state index >= 15 is 0 Å². The first kappa shape index (κ1) is 20.9. The molecule has 0 unspecified atom stereocenters.